The standard InChI is InChI=1S/C20H26N4O/c1-20(2)17-12-24(13-18(17)20)19(25)22-15-7-9-23(10-8-15)16-5-3-14(11-21)4-6-16/h3-6,15,17-18H,7-10,12-13H2,1-2H3,(H,22,25)/t17-,18-/m1/s1. The molecule has 1 N–H and O–H groups in total. The Labute approximate surface area is 149 Å². The number of carbonyl (C=O) groups excluding carboxylic acids is 1. The highest BCUT2D eigenvalue weighted by molar-refractivity contribution is 5.75. The summed E-state index contributed by atoms with van der Waals surface area (Å²) in [6, 6.07) is 10.3. The van der Waals surface area contributed by atoms with Gasteiger partial charge in [0, 0.05) is 37.9 Å². The van der Waals surface area contributed by atoms with Crippen LogP contribution in [0.15, 0.2) is 24.3 Å². The van der Waals surface area contributed by atoms with Crippen LogP contribution in [-0.2, 0) is 0 Å². The zero-order valence-electron chi connectivity index (χ0n) is 15.0. The molecule has 3 aliphatic rings. The van der Waals surface area contributed by atoms with Gasteiger partial charge in [-0.25, -0.2) is 4.79 Å². The number of nitrogens with zero attached hydrogens (tertiary/aromatic N) is 3. The van der Waals surface area contributed by atoms with Crippen molar-refractivity contribution in [2.45, 2.75) is 32.7 Å². The molecule has 0 bridgehead atoms. The number of carbonyl (C=O) groups is 1. The van der Waals surface area contributed by atoms with Crippen molar-refractivity contribution in [3.8, 4) is 6.07 Å². The second-order valence-electron chi connectivity index (χ2n) is 8.31. The van der Waals surface area contributed by atoms with Crippen LogP contribution < -0.4 is 10.2 Å². The van der Waals surface area contributed by atoms with Gasteiger partial charge in [-0.1, -0.05) is 13.8 Å². The third-order valence-corrected chi connectivity index (χ3v) is 6.59. The number of hydrogen-bond donors (Lipinski definition) is 1. The summed E-state index contributed by atoms with van der Waals surface area (Å²) in [5.74, 6) is 1.41. The molecule has 1 aromatic rings. The number of hydrogen-bond acceptors (Lipinski definition) is 3. The zero-order valence-corrected chi connectivity index (χ0v) is 15.0. The molecule has 0 radical (unpaired) electrons. The number of amides is 2. The van der Waals surface area contributed by atoms with Crippen LogP contribution >= 0.6 is 0 Å². The quantitative estimate of drug-likeness (QED) is 0.902. The fraction of sp³-hybridized carbons (Fsp3) is 0.600. The van der Waals surface area contributed by atoms with E-state index in [4.69, 9.17) is 5.26 Å². The van der Waals surface area contributed by atoms with E-state index in [9.17, 15) is 4.79 Å². The summed E-state index contributed by atoms with van der Waals surface area (Å²) < 4.78 is 0. The van der Waals surface area contributed by atoms with Crippen molar-refractivity contribution >= 4 is 11.7 Å². The van der Waals surface area contributed by atoms with Crippen molar-refractivity contribution in [2.75, 3.05) is 31.1 Å². The Bertz CT molecular complexity index is 683. The number of benzene rings is 1. The Morgan fingerprint density at radius 3 is 2.32 bits per heavy atom. The Kier molecular flexibility index (Phi) is 3.87. The maximum absolute atomic E-state index is 12.5. The highest BCUT2D eigenvalue weighted by Crippen LogP contribution is 2.61. The second kappa shape index (κ2) is 5.94. The number of piperidine rings is 2. The van der Waals surface area contributed by atoms with E-state index in [1.54, 1.807) is 0 Å². The lowest BCUT2D eigenvalue weighted by molar-refractivity contribution is 0.190. The number of fused-ring (bicyclic) bond motifs is 1. The third-order valence-electron chi connectivity index (χ3n) is 6.59. The number of rotatable bonds is 2. The van der Waals surface area contributed by atoms with Gasteiger partial charge >= 0.3 is 6.03 Å². The molecule has 5 heteroatoms. The van der Waals surface area contributed by atoms with Crippen LogP contribution in [0, 0.1) is 28.6 Å². The normalized spacial score (nSPS) is 27.6. The van der Waals surface area contributed by atoms with Gasteiger partial charge in [0.25, 0.3) is 0 Å². The second-order valence-corrected chi connectivity index (χ2v) is 8.31. The van der Waals surface area contributed by atoms with E-state index in [2.05, 4.69) is 30.1 Å². The molecule has 5 nitrogen and oxygen atoms in total. The molecule has 2 aliphatic heterocycles. The first kappa shape index (κ1) is 16.3. The van der Waals surface area contributed by atoms with E-state index in [1.165, 1.54) is 0 Å². The smallest absolute Gasteiger partial charge is 0.317 e. The first-order valence-corrected chi connectivity index (χ1v) is 9.29. The molecular weight excluding hydrogens is 312 g/mol. The highest BCUT2D eigenvalue weighted by Gasteiger charge is 2.62. The Morgan fingerprint density at radius 2 is 1.76 bits per heavy atom. The number of nitriles is 1. The minimum absolute atomic E-state index is 0.125. The van der Waals surface area contributed by atoms with Gasteiger partial charge < -0.3 is 15.1 Å². The molecule has 132 valence electrons. The summed E-state index contributed by atoms with van der Waals surface area (Å²) >= 11 is 0. The highest BCUT2D eigenvalue weighted by atomic mass is 16.2. The van der Waals surface area contributed by atoms with Gasteiger partial charge in [0.1, 0.15) is 0 Å². The van der Waals surface area contributed by atoms with Gasteiger partial charge in [-0.3, -0.25) is 0 Å². The maximum Gasteiger partial charge on any atom is 0.317 e. The largest absolute Gasteiger partial charge is 0.371 e. The molecular formula is C20H26N4O. The maximum atomic E-state index is 12.5. The lowest BCUT2D eigenvalue weighted by Gasteiger charge is -2.35. The average Bonchev–Trinajstić information content (AvgIpc) is 2.99. The Morgan fingerprint density at radius 1 is 1.16 bits per heavy atom. The summed E-state index contributed by atoms with van der Waals surface area (Å²) in [5, 5.41) is 12.1. The molecule has 1 aliphatic carbocycles. The fourth-order valence-corrected chi connectivity index (χ4v) is 4.59. The van der Waals surface area contributed by atoms with E-state index in [-0.39, 0.29) is 12.1 Å². The molecule has 4 rings (SSSR count). The van der Waals surface area contributed by atoms with Crippen molar-refractivity contribution in [2.24, 2.45) is 17.3 Å². The molecule has 2 atom stereocenters. The van der Waals surface area contributed by atoms with Crippen molar-refractivity contribution in [1.82, 2.24) is 10.2 Å². The molecule has 1 saturated carbocycles. The van der Waals surface area contributed by atoms with Crippen molar-refractivity contribution < 1.29 is 4.79 Å². The van der Waals surface area contributed by atoms with Crippen LogP contribution in [0.4, 0.5) is 10.5 Å². The fourth-order valence-electron chi connectivity index (χ4n) is 4.59. The molecule has 2 amide bonds. The van der Waals surface area contributed by atoms with Crippen LogP contribution in [0.25, 0.3) is 0 Å². The lowest BCUT2D eigenvalue weighted by atomic mass is 10.0. The summed E-state index contributed by atoms with van der Waals surface area (Å²) in [6.07, 6.45) is 1.94. The predicted octanol–water partition coefficient (Wildman–Crippen LogP) is 2.82. The lowest BCUT2D eigenvalue weighted by Crippen LogP contribution is -2.49. The van der Waals surface area contributed by atoms with Crippen LogP contribution in [0.2, 0.25) is 0 Å². The molecule has 2 saturated heterocycles. The minimum Gasteiger partial charge on any atom is -0.371 e. The van der Waals surface area contributed by atoms with E-state index >= 15 is 0 Å². The molecule has 0 unspecified atom stereocenters. The van der Waals surface area contributed by atoms with Crippen molar-refractivity contribution in [3.05, 3.63) is 29.8 Å². The Balaban J connectivity index is 1.25. The van der Waals surface area contributed by atoms with E-state index in [0.717, 1.165) is 44.7 Å². The molecule has 0 spiro atoms. The molecule has 2 heterocycles. The van der Waals surface area contributed by atoms with Crippen LogP contribution in [-0.4, -0.2) is 43.2 Å². The minimum atomic E-state index is 0.125. The number of nitrogens with one attached hydrogen (secondary N) is 1. The average molecular weight is 338 g/mol. The van der Waals surface area contributed by atoms with Crippen molar-refractivity contribution in [1.29, 1.82) is 5.26 Å². The van der Waals surface area contributed by atoms with E-state index in [1.807, 2.05) is 29.2 Å². The molecule has 0 aromatic heterocycles. The van der Waals surface area contributed by atoms with Crippen LogP contribution in [0.3, 0.4) is 0 Å². The molecule has 3 fully saturated rings. The van der Waals surface area contributed by atoms with Crippen LogP contribution in [0.5, 0.6) is 0 Å². The van der Waals surface area contributed by atoms with Gasteiger partial charge in [-0.15, -0.1) is 0 Å². The zero-order chi connectivity index (χ0) is 17.6. The topological polar surface area (TPSA) is 59.4 Å². The number of urea groups is 1. The monoisotopic (exact) mass is 338 g/mol. The summed E-state index contributed by atoms with van der Waals surface area (Å²) in [7, 11) is 0. The van der Waals surface area contributed by atoms with E-state index < -0.39 is 0 Å². The predicted molar refractivity (Wildman–Crippen MR) is 97.3 cm³/mol. The first-order chi connectivity index (χ1) is 12.0. The van der Waals surface area contributed by atoms with Gasteiger partial charge in [-0.2, -0.15) is 5.26 Å². The third kappa shape index (κ3) is 2.95. The van der Waals surface area contributed by atoms with Gasteiger partial charge in [0.05, 0.1) is 11.6 Å². The number of likely N-dealkylation sites (tertiary alicyclic amines) is 1. The summed E-state index contributed by atoms with van der Waals surface area (Å²) in [4.78, 5) is 16.8. The Hall–Kier alpha value is -2.22. The summed E-state index contributed by atoms with van der Waals surface area (Å²) in [5.41, 5.74) is 2.30. The summed E-state index contributed by atoms with van der Waals surface area (Å²) in [6.45, 7) is 8.36. The SMILES string of the molecule is CC1(C)[C@@H]2CN(C(=O)NC3CCN(c4ccc(C#N)cc4)CC3)C[C@H]21. The van der Waals surface area contributed by atoms with Gasteiger partial charge in [0.2, 0.25) is 0 Å². The van der Waals surface area contributed by atoms with Gasteiger partial charge in [0.15, 0.2) is 0 Å². The first-order valence-electron chi connectivity index (χ1n) is 9.29. The molecule has 25 heavy (non-hydrogen) atoms. The van der Waals surface area contributed by atoms with E-state index in [0.29, 0.717) is 22.8 Å². The van der Waals surface area contributed by atoms with Crippen molar-refractivity contribution in [3.63, 3.8) is 0 Å². The van der Waals surface area contributed by atoms with Crippen LogP contribution in [0.1, 0.15) is 32.3 Å². The number of anilines is 1. The van der Waals surface area contributed by atoms with Gasteiger partial charge in [-0.05, 0) is 54.4 Å². The molecule has 1 aromatic carbocycles.